The molecule has 1 aliphatic rings. The molecule has 13 heavy (non-hydrogen) atoms. The van der Waals surface area contributed by atoms with Gasteiger partial charge in [0.15, 0.2) is 6.29 Å². The van der Waals surface area contributed by atoms with Crippen LogP contribution in [0.5, 0.6) is 0 Å². The van der Waals surface area contributed by atoms with Crippen LogP contribution in [0.25, 0.3) is 0 Å². The summed E-state index contributed by atoms with van der Waals surface area (Å²) in [6.07, 6.45) is 4.89. The predicted octanol–water partition coefficient (Wildman–Crippen LogP) is 1.69. The average molecular weight is 179 g/mol. The third-order valence-electron chi connectivity index (χ3n) is 2.39. The largest absolute Gasteiger partial charge is 0.467 e. The van der Waals surface area contributed by atoms with Gasteiger partial charge in [0.1, 0.15) is 12.0 Å². The van der Waals surface area contributed by atoms with Crippen LogP contribution in [0, 0.1) is 0 Å². The van der Waals surface area contributed by atoms with Gasteiger partial charge in [-0.3, -0.25) is 9.69 Å². The first-order valence-corrected chi connectivity index (χ1v) is 4.63. The molecule has 3 nitrogen and oxygen atoms in total. The van der Waals surface area contributed by atoms with Gasteiger partial charge in [-0.1, -0.05) is 0 Å². The van der Waals surface area contributed by atoms with Gasteiger partial charge in [0.2, 0.25) is 0 Å². The number of carbonyl (C=O) groups excluding carboxylic acids is 1. The Kier molecular flexibility index (Phi) is 2.45. The minimum atomic E-state index is 0.634. The van der Waals surface area contributed by atoms with Gasteiger partial charge in [-0.15, -0.1) is 0 Å². The Bertz CT molecular complexity index is 287. The number of nitrogens with zero attached hydrogens (tertiary/aromatic N) is 1. The molecule has 0 saturated carbocycles. The molecule has 0 N–H and O–H groups in total. The van der Waals surface area contributed by atoms with E-state index in [9.17, 15) is 4.79 Å². The monoisotopic (exact) mass is 179 g/mol. The fourth-order valence-electron chi connectivity index (χ4n) is 1.70. The summed E-state index contributed by atoms with van der Waals surface area (Å²) >= 11 is 0. The molecule has 1 aromatic rings. The molecule has 1 fully saturated rings. The van der Waals surface area contributed by atoms with E-state index in [0.717, 1.165) is 31.7 Å². The van der Waals surface area contributed by atoms with E-state index >= 15 is 0 Å². The van der Waals surface area contributed by atoms with Crippen LogP contribution in [-0.2, 0) is 6.54 Å². The molecule has 1 aliphatic heterocycles. The summed E-state index contributed by atoms with van der Waals surface area (Å²) in [5.74, 6) is 0.893. The molecule has 1 aromatic heterocycles. The minimum absolute atomic E-state index is 0.634. The average Bonchev–Trinajstić information content (AvgIpc) is 2.76. The van der Waals surface area contributed by atoms with Gasteiger partial charge in [0, 0.05) is 0 Å². The second-order valence-electron chi connectivity index (χ2n) is 3.45. The molecule has 0 unspecified atom stereocenters. The SMILES string of the molecule is O=Cc1coc(CN2CCCC2)c1. The summed E-state index contributed by atoms with van der Waals surface area (Å²) in [4.78, 5) is 12.7. The maximum Gasteiger partial charge on any atom is 0.153 e. The zero-order valence-corrected chi connectivity index (χ0v) is 7.53. The van der Waals surface area contributed by atoms with Crippen molar-refractivity contribution in [3.63, 3.8) is 0 Å². The van der Waals surface area contributed by atoms with Crippen LogP contribution in [0.15, 0.2) is 16.7 Å². The van der Waals surface area contributed by atoms with Gasteiger partial charge in [0.05, 0.1) is 12.1 Å². The van der Waals surface area contributed by atoms with E-state index in [-0.39, 0.29) is 0 Å². The van der Waals surface area contributed by atoms with Crippen molar-refractivity contribution in [2.75, 3.05) is 13.1 Å². The van der Waals surface area contributed by atoms with Gasteiger partial charge in [-0.05, 0) is 32.0 Å². The van der Waals surface area contributed by atoms with Crippen molar-refractivity contribution in [1.29, 1.82) is 0 Å². The highest BCUT2D eigenvalue weighted by Gasteiger charge is 2.13. The van der Waals surface area contributed by atoms with Crippen molar-refractivity contribution in [3.8, 4) is 0 Å². The number of hydrogen-bond donors (Lipinski definition) is 0. The summed E-state index contributed by atoms with van der Waals surface area (Å²) in [5, 5.41) is 0. The van der Waals surface area contributed by atoms with E-state index in [2.05, 4.69) is 4.90 Å². The summed E-state index contributed by atoms with van der Waals surface area (Å²) in [6.45, 7) is 3.14. The standard InChI is InChI=1S/C10H13NO2/c12-7-9-5-10(13-8-9)6-11-3-1-2-4-11/h5,7-8H,1-4,6H2. The summed E-state index contributed by atoms with van der Waals surface area (Å²) in [5.41, 5.74) is 0.634. The molecular formula is C10H13NO2. The van der Waals surface area contributed by atoms with Gasteiger partial charge >= 0.3 is 0 Å². The lowest BCUT2D eigenvalue weighted by Crippen LogP contribution is -2.17. The van der Waals surface area contributed by atoms with Crippen molar-refractivity contribution in [2.24, 2.45) is 0 Å². The van der Waals surface area contributed by atoms with Crippen molar-refractivity contribution in [2.45, 2.75) is 19.4 Å². The summed E-state index contributed by atoms with van der Waals surface area (Å²) in [7, 11) is 0. The van der Waals surface area contributed by atoms with Crippen molar-refractivity contribution in [3.05, 3.63) is 23.7 Å². The van der Waals surface area contributed by atoms with Gasteiger partial charge in [-0.25, -0.2) is 0 Å². The molecule has 0 bridgehead atoms. The molecule has 2 rings (SSSR count). The van der Waals surface area contributed by atoms with Crippen LogP contribution in [0.1, 0.15) is 29.0 Å². The lowest BCUT2D eigenvalue weighted by Gasteiger charge is -2.11. The van der Waals surface area contributed by atoms with Crippen LogP contribution in [-0.4, -0.2) is 24.3 Å². The lowest BCUT2D eigenvalue weighted by molar-refractivity contribution is 0.112. The zero-order valence-electron chi connectivity index (χ0n) is 7.53. The Morgan fingerprint density at radius 3 is 2.85 bits per heavy atom. The summed E-state index contributed by atoms with van der Waals surface area (Å²) in [6, 6.07) is 1.81. The highest BCUT2D eigenvalue weighted by atomic mass is 16.3. The highest BCUT2D eigenvalue weighted by molar-refractivity contribution is 5.74. The highest BCUT2D eigenvalue weighted by Crippen LogP contribution is 2.14. The van der Waals surface area contributed by atoms with E-state index in [4.69, 9.17) is 4.42 Å². The fraction of sp³-hybridized carbons (Fsp3) is 0.500. The Hall–Kier alpha value is -1.09. The second kappa shape index (κ2) is 3.75. The molecule has 3 heteroatoms. The number of rotatable bonds is 3. The van der Waals surface area contributed by atoms with Crippen LogP contribution < -0.4 is 0 Å². The molecule has 0 amide bonds. The number of aldehydes is 1. The molecule has 0 spiro atoms. The Labute approximate surface area is 77.3 Å². The molecule has 0 radical (unpaired) electrons. The number of furan rings is 1. The Balaban J connectivity index is 1.96. The van der Waals surface area contributed by atoms with Crippen molar-refractivity contribution >= 4 is 6.29 Å². The van der Waals surface area contributed by atoms with Crippen LogP contribution in [0.3, 0.4) is 0 Å². The van der Waals surface area contributed by atoms with Crippen molar-refractivity contribution < 1.29 is 9.21 Å². The van der Waals surface area contributed by atoms with Gasteiger partial charge < -0.3 is 4.42 Å². The van der Waals surface area contributed by atoms with Crippen LogP contribution >= 0.6 is 0 Å². The number of hydrogen-bond acceptors (Lipinski definition) is 3. The third kappa shape index (κ3) is 1.98. The molecule has 70 valence electrons. The predicted molar refractivity (Wildman–Crippen MR) is 48.6 cm³/mol. The smallest absolute Gasteiger partial charge is 0.153 e. The first kappa shape index (κ1) is 8.51. The quantitative estimate of drug-likeness (QED) is 0.662. The molecule has 0 aromatic carbocycles. The van der Waals surface area contributed by atoms with Gasteiger partial charge in [0.25, 0.3) is 0 Å². The Morgan fingerprint density at radius 2 is 2.23 bits per heavy atom. The number of carbonyl (C=O) groups is 1. The lowest BCUT2D eigenvalue weighted by atomic mass is 10.3. The third-order valence-corrected chi connectivity index (χ3v) is 2.39. The minimum Gasteiger partial charge on any atom is -0.467 e. The maximum absolute atomic E-state index is 10.4. The first-order valence-electron chi connectivity index (χ1n) is 4.63. The van der Waals surface area contributed by atoms with Crippen LogP contribution in [0.2, 0.25) is 0 Å². The van der Waals surface area contributed by atoms with E-state index in [0.29, 0.717) is 5.56 Å². The normalized spacial score (nSPS) is 17.8. The number of likely N-dealkylation sites (tertiary alicyclic amines) is 1. The maximum atomic E-state index is 10.4. The molecular weight excluding hydrogens is 166 g/mol. The molecule has 1 saturated heterocycles. The molecule has 0 aliphatic carbocycles. The van der Waals surface area contributed by atoms with Gasteiger partial charge in [-0.2, -0.15) is 0 Å². The van der Waals surface area contributed by atoms with E-state index in [1.54, 1.807) is 0 Å². The Morgan fingerprint density at radius 1 is 1.46 bits per heavy atom. The summed E-state index contributed by atoms with van der Waals surface area (Å²) < 4.78 is 5.24. The van der Waals surface area contributed by atoms with Crippen molar-refractivity contribution in [1.82, 2.24) is 4.90 Å². The first-order chi connectivity index (χ1) is 6.38. The second-order valence-corrected chi connectivity index (χ2v) is 3.45. The zero-order chi connectivity index (χ0) is 9.10. The molecule has 2 heterocycles. The molecule has 0 atom stereocenters. The van der Waals surface area contributed by atoms with Crippen LogP contribution in [0.4, 0.5) is 0 Å². The fourth-order valence-corrected chi connectivity index (χ4v) is 1.70. The van der Waals surface area contributed by atoms with E-state index in [1.807, 2.05) is 6.07 Å². The topological polar surface area (TPSA) is 33.5 Å². The van der Waals surface area contributed by atoms with E-state index < -0.39 is 0 Å². The van der Waals surface area contributed by atoms with E-state index in [1.165, 1.54) is 19.1 Å².